The van der Waals surface area contributed by atoms with E-state index in [2.05, 4.69) is 25.2 Å². The number of hydrogen-bond donors (Lipinski definition) is 1. The minimum Gasteiger partial charge on any atom is -0.349 e. The third kappa shape index (κ3) is 1.44. The Kier molecular flexibility index (Phi) is 1.91. The highest BCUT2D eigenvalue weighted by molar-refractivity contribution is 5.97. The summed E-state index contributed by atoms with van der Waals surface area (Å²) in [4.78, 5) is 12.1. The van der Waals surface area contributed by atoms with Crippen molar-refractivity contribution in [2.45, 2.75) is 44.6 Å². The molecule has 1 fully saturated rings. The van der Waals surface area contributed by atoms with Crippen LogP contribution in [0.1, 0.15) is 48.2 Å². The monoisotopic (exact) mass is 215 g/mol. The number of rotatable bonds is 2. The predicted molar refractivity (Wildman–Crippen MR) is 63.7 cm³/mol. The van der Waals surface area contributed by atoms with Gasteiger partial charge < -0.3 is 5.32 Å². The Hall–Kier alpha value is -1.31. The van der Waals surface area contributed by atoms with Gasteiger partial charge in [0.1, 0.15) is 0 Å². The van der Waals surface area contributed by atoms with Gasteiger partial charge in [0.05, 0.1) is 0 Å². The molecule has 84 valence electrons. The number of benzene rings is 1. The third-order valence-electron chi connectivity index (χ3n) is 3.62. The normalized spacial score (nSPS) is 20.9. The van der Waals surface area contributed by atoms with Gasteiger partial charge in [-0.15, -0.1) is 0 Å². The minimum atomic E-state index is 0.118. The molecule has 2 nitrogen and oxygen atoms in total. The Morgan fingerprint density at radius 3 is 2.75 bits per heavy atom. The first-order valence-electron chi connectivity index (χ1n) is 6.01. The summed E-state index contributed by atoms with van der Waals surface area (Å²) >= 11 is 0. The highest BCUT2D eigenvalue weighted by Gasteiger charge is 2.38. The molecule has 2 aliphatic carbocycles. The van der Waals surface area contributed by atoms with Crippen LogP contribution in [0.4, 0.5) is 0 Å². The van der Waals surface area contributed by atoms with Crippen LogP contribution in [-0.4, -0.2) is 11.9 Å². The van der Waals surface area contributed by atoms with Crippen LogP contribution in [0.3, 0.4) is 0 Å². The lowest BCUT2D eigenvalue weighted by Crippen LogP contribution is -2.37. The summed E-state index contributed by atoms with van der Waals surface area (Å²) in [5.41, 5.74) is 3.66. The van der Waals surface area contributed by atoms with Gasteiger partial charge >= 0.3 is 0 Å². The maximum atomic E-state index is 12.1. The standard InChI is InChI=1S/C14H17NO/c1-14(2)8-9-4-3-5-11(12(9)14)13(16)15-10-6-7-10/h3-5,10H,6-8H2,1-2H3,(H,15,16). The second-order valence-electron chi connectivity index (χ2n) is 5.65. The van der Waals surface area contributed by atoms with E-state index in [0.717, 1.165) is 24.8 Å². The van der Waals surface area contributed by atoms with E-state index in [1.54, 1.807) is 0 Å². The quantitative estimate of drug-likeness (QED) is 0.806. The highest BCUT2D eigenvalue weighted by atomic mass is 16.1. The molecule has 0 radical (unpaired) electrons. The van der Waals surface area contributed by atoms with Crippen molar-refractivity contribution in [3.05, 3.63) is 34.9 Å². The summed E-state index contributed by atoms with van der Waals surface area (Å²) in [6, 6.07) is 6.52. The van der Waals surface area contributed by atoms with Crippen molar-refractivity contribution in [3.8, 4) is 0 Å². The van der Waals surface area contributed by atoms with Crippen LogP contribution >= 0.6 is 0 Å². The number of carbonyl (C=O) groups excluding carboxylic acids is 1. The first-order valence-corrected chi connectivity index (χ1v) is 6.01. The van der Waals surface area contributed by atoms with Crippen molar-refractivity contribution in [3.63, 3.8) is 0 Å². The molecule has 1 amide bonds. The van der Waals surface area contributed by atoms with E-state index in [1.165, 1.54) is 11.1 Å². The van der Waals surface area contributed by atoms with Gasteiger partial charge in [0.25, 0.3) is 5.91 Å². The van der Waals surface area contributed by atoms with Crippen molar-refractivity contribution >= 4 is 5.91 Å². The summed E-state index contributed by atoms with van der Waals surface area (Å²) < 4.78 is 0. The molecule has 1 N–H and O–H groups in total. The van der Waals surface area contributed by atoms with Crippen LogP contribution in [0.5, 0.6) is 0 Å². The van der Waals surface area contributed by atoms with Crippen molar-refractivity contribution in [2.75, 3.05) is 0 Å². The Morgan fingerprint density at radius 2 is 2.12 bits per heavy atom. The zero-order chi connectivity index (χ0) is 11.3. The fourth-order valence-electron chi connectivity index (χ4n) is 2.68. The lowest BCUT2D eigenvalue weighted by molar-refractivity contribution is 0.0947. The van der Waals surface area contributed by atoms with E-state index in [-0.39, 0.29) is 11.3 Å². The Morgan fingerprint density at radius 1 is 1.38 bits per heavy atom. The number of nitrogens with one attached hydrogen (secondary N) is 1. The first-order chi connectivity index (χ1) is 7.58. The van der Waals surface area contributed by atoms with E-state index in [1.807, 2.05) is 12.1 Å². The van der Waals surface area contributed by atoms with E-state index >= 15 is 0 Å². The maximum Gasteiger partial charge on any atom is 0.251 e. The van der Waals surface area contributed by atoms with Crippen molar-refractivity contribution < 1.29 is 4.79 Å². The second-order valence-corrected chi connectivity index (χ2v) is 5.65. The van der Waals surface area contributed by atoms with Gasteiger partial charge in [0, 0.05) is 11.6 Å². The van der Waals surface area contributed by atoms with Gasteiger partial charge in [-0.25, -0.2) is 0 Å². The molecule has 16 heavy (non-hydrogen) atoms. The number of carbonyl (C=O) groups is 1. The van der Waals surface area contributed by atoms with Crippen molar-refractivity contribution in [1.82, 2.24) is 5.32 Å². The first kappa shape index (κ1) is 9.88. The van der Waals surface area contributed by atoms with Crippen LogP contribution < -0.4 is 5.32 Å². The fourth-order valence-corrected chi connectivity index (χ4v) is 2.68. The molecule has 3 rings (SSSR count). The second kappa shape index (κ2) is 3.09. The fraction of sp³-hybridized carbons (Fsp3) is 0.500. The lowest BCUT2D eigenvalue weighted by atomic mass is 9.65. The zero-order valence-corrected chi connectivity index (χ0v) is 9.84. The molecule has 0 saturated heterocycles. The molecule has 1 saturated carbocycles. The minimum absolute atomic E-state index is 0.118. The molecule has 0 atom stereocenters. The topological polar surface area (TPSA) is 29.1 Å². The SMILES string of the molecule is CC1(C)Cc2cccc(C(=O)NC3CC3)c21. The molecule has 1 aromatic rings. The van der Waals surface area contributed by atoms with Gasteiger partial charge in [-0.05, 0) is 41.9 Å². The number of amides is 1. The summed E-state index contributed by atoms with van der Waals surface area (Å²) in [6.07, 6.45) is 3.38. The molecule has 0 spiro atoms. The average Bonchev–Trinajstić information content (AvgIpc) is 2.99. The van der Waals surface area contributed by atoms with Crippen molar-refractivity contribution in [2.24, 2.45) is 0 Å². The number of fused-ring (bicyclic) bond motifs is 1. The molecule has 0 heterocycles. The summed E-state index contributed by atoms with van der Waals surface area (Å²) in [5.74, 6) is 0.118. The summed E-state index contributed by atoms with van der Waals surface area (Å²) in [7, 11) is 0. The predicted octanol–water partition coefficient (Wildman–Crippen LogP) is 2.41. The molecule has 0 unspecified atom stereocenters. The van der Waals surface area contributed by atoms with Gasteiger partial charge in [-0.2, -0.15) is 0 Å². The van der Waals surface area contributed by atoms with E-state index in [0.29, 0.717) is 6.04 Å². The van der Waals surface area contributed by atoms with Gasteiger partial charge in [0.15, 0.2) is 0 Å². The van der Waals surface area contributed by atoms with Crippen LogP contribution in [0.15, 0.2) is 18.2 Å². The summed E-state index contributed by atoms with van der Waals surface area (Å²) in [5, 5.41) is 3.07. The van der Waals surface area contributed by atoms with Crippen LogP contribution in [0.2, 0.25) is 0 Å². The van der Waals surface area contributed by atoms with Crippen LogP contribution in [0, 0.1) is 0 Å². The molecule has 1 aromatic carbocycles. The molecule has 2 heteroatoms. The lowest BCUT2D eigenvalue weighted by Gasteiger charge is -2.39. The van der Waals surface area contributed by atoms with Gasteiger partial charge in [-0.1, -0.05) is 26.0 Å². The Bertz CT molecular complexity index is 458. The Labute approximate surface area is 96.1 Å². The highest BCUT2D eigenvalue weighted by Crippen LogP contribution is 2.42. The smallest absolute Gasteiger partial charge is 0.251 e. The molecule has 2 aliphatic rings. The van der Waals surface area contributed by atoms with E-state index in [9.17, 15) is 4.79 Å². The van der Waals surface area contributed by atoms with Crippen LogP contribution in [-0.2, 0) is 11.8 Å². The van der Waals surface area contributed by atoms with Gasteiger partial charge in [-0.3, -0.25) is 4.79 Å². The number of hydrogen-bond acceptors (Lipinski definition) is 1. The largest absolute Gasteiger partial charge is 0.349 e. The molecule has 0 aromatic heterocycles. The van der Waals surface area contributed by atoms with E-state index in [4.69, 9.17) is 0 Å². The molecular weight excluding hydrogens is 198 g/mol. The van der Waals surface area contributed by atoms with E-state index < -0.39 is 0 Å². The zero-order valence-electron chi connectivity index (χ0n) is 9.84. The van der Waals surface area contributed by atoms with Crippen molar-refractivity contribution in [1.29, 1.82) is 0 Å². The molecule has 0 aliphatic heterocycles. The maximum absolute atomic E-state index is 12.1. The van der Waals surface area contributed by atoms with Gasteiger partial charge in [0.2, 0.25) is 0 Å². The molecular formula is C14H17NO. The van der Waals surface area contributed by atoms with Crippen LogP contribution in [0.25, 0.3) is 0 Å². The summed E-state index contributed by atoms with van der Waals surface area (Å²) in [6.45, 7) is 4.42. The molecule has 0 bridgehead atoms. The third-order valence-corrected chi connectivity index (χ3v) is 3.62. The average molecular weight is 215 g/mol. The Balaban J connectivity index is 1.95.